The summed E-state index contributed by atoms with van der Waals surface area (Å²) in [5.74, 6) is 0.449. The molecule has 0 amide bonds. The molecular weight excluding hydrogens is 293 g/mol. The molecule has 2 aromatic rings. The molecule has 21 heavy (non-hydrogen) atoms. The van der Waals surface area contributed by atoms with Crippen molar-refractivity contribution in [3.05, 3.63) is 53.8 Å². The lowest BCUT2D eigenvalue weighted by Crippen LogP contribution is -2.06. The van der Waals surface area contributed by atoms with Crippen LogP contribution in [0.1, 0.15) is 5.56 Å². The Bertz CT molecular complexity index is 727. The second-order valence-electron chi connectivity index (χ2n) is 4.60. The zero-order chi connectivity index (χ0) is 15.5. The molecule has 2 rings (SSSR count). The van der Waals surface area contributed by atoms with Gasteiger partial charge in [-0.25, -0.2) is 12.8 Å². The summed E-state index contributed by atoms with van der Waals surface area (Å²) in [7, 11) is -3.25. The molecule has 2 aromatic carbocycles. The first kappa shape index (κ1) is 15.5. The van der Waals surface area contributed by atoms with E-state index < -0.39 is 9.84 Å². The van der Waals surface area contributed by atoms with Gasteiger partial charge in [-0.1, -0.05) is 6.07 Å². The van der Waals surface area contributed by atoms with Crippen LogP contribution >= 0.6 is 0 Å². The molecule has 0 saturated carbocycles. The van der Waals surface area contributed by atoms with Gasteiger partial charge in [0.2, 0.25) is 0 Å². The van der Waals surface area contributed by atoms with Crippen molar-refractivity contribution >= 4 is 9.84 Å². The molecule has 0 fully saturated rings. The van der Waals surface area contributed by atoms with Crippen LogP contribution in [0.15, 0.2) is 47.4 Å². The summed E-state index contributed by atoms with van der Waals surface area (Å²) in [6.45, 7) is 0.310. The maximum atomic E-state index is 13.7. The Morgan fingerprint density at radius 3 is 2.38 bits per heavy atom. The Balaban J connectivity index is 2.28. The SMILES string of the molecule is CS(=O)(=O)c1ccc(Oc2cccc(F)c2CCN)cc1. The molecule has 0 aliphatic heterocycles. The van der Waals surface area contributed by atoms with Gasteiger partial charge in [0, 0.05) is 11.8 Å². The third-order valence-electron chi connectivity index (χ3n) is 2.95. The van der Waals surface area contributed by atoms with E-state index in [4.69, 9.17) is 10.5 Å². The first-order valence-electron chi connectivity index (χ1n) is 6.37. The average molecular weight is 309 g/mol. The fourth-order valence-corrected chi connectivity index (χ4v) is 2.53. The van der Waals surface area contributed by atoms with Gasteiger partial charge >= 0.3 is 0 Å². The third kappa shape index (κ3) is 3.80. The Morgan fingerprint density at radius 1 is 1.14 bits per heavy atom. The number of hydrogen-bond acceptors (Lipinski definition) is 4. The molecule has 2 N–H and O–H groups in total. The highest BCUT2D eigenvalue weighted by molar-refractivity contribution is 7.90. The summed E-state index contributed by atoms with van der Waals surface area (Å²) in [4.78, 5) is 0.205. The molecule has 0 aliphatic carbocycles. The minimum Gasteiger partial charge on any atom is -0.457 e. The van der Waals surface area contributed by atoms with Gasteiger partial charge in [0.25, 0.3) is 0 Å². The lowest BCUT2D eigenvalue weighted by atomic mass is 10.1. The first-order valence-corrected chi connectivity index (χ1v) is 8.26. The lowest BCUT2D eigenvalue weighted by Gasteiger charge is -2.11. The van der Waals surface area contributed by atoms with E-state index in [0.717, 1.165) is 6.26 Å². The molecule has 0 aromatic heterocycles. The monoisotopic (exact) mass is 309 g/mol. The highest BCUT2D eigenvalue weighted by atomic mass is 32.2. The van der Waals surface area contributed by atoms with E-state index >= 15 is 0 Å². The minimum absolute atomic E-state index is 0.205. The highest BCUT2D eigenvalue weighted by Gasteiger charge is 2.11. The van der Waals surface area contributed by atoms with E-state index in [-0.39, 0.29) is 10.7 Å². The Morgan fingerprint density at radius 2 is 1.81 bits per heavy atom. The predicted molar refractivity (Wildman–Crippen MR) is 78.8 cm³/mol. The van der Waals surface area contributed by atoms with E-state index in [9.17, 15) is 12.8 Å². The summed E-state index contributed by atoms with van der Waals surface area (Å²) in [5, 5.41) is 0. The van der Waals surface area contributed by atoms with Crippen LogP contribution in [0.25, 0.3) is 0 Å². The molecule has 112 valence electrons. The molecule has 0 saturated heterocycles. The molecule has 0 radical (unpaired) electrons. The van der Waals surface area contributed by atoms with E-state index in [1.807, 2.05) is 0 Å². The Hall–Kier alpha value is -1.92. The van der Waals surface area contributed by atoms with Crippen LogP contribution in [-0.4, -0.2) is 21.2 Å². The lowest BCUT2D eigenvalue weighted by molar-refractivity contribution is 0.466. The Labute approximate surface area is 123 Å². The standard InChI is InChI=1S/C15H16FNO3S/c1-21(18,19)12-7-5-11(6-8-12)20-15-4-2-3-14(16)13(15)9-10-17/h2-8H,9-10,17H2,1H3. The fraction of sp³-hybridized carbons (Fsp3) is 0.200. The first-order chi connectivity index (χ1) is 9.91. The minimum atomic E-state index is -3.25. The number of sulfone groups is 1. The zero-order valence-corrected chi connectivity index (χ0v) is 12.4. The number of rotatable bonds is 5. The van der Waals surface area contributed by atoms with Crippen LogP contribution < -0.4 is 10.5 Å². The summed E-state index contributed by atoms with van der Waals surface area (Å²) < 4.78 is 42.1. The van der Waals surface area contributed by atoms with Gasteiger partial charge in [0.15, 0.2) is 9.84 Å². The molecule has 0 bridgehead atoms. The largest absolute Gasteiger partial charge is 0.457 e. The summed E-state index contributed by atoms with van der Waals surface area (Å²) >= 11 is 0. The molecule has 0 atom stereocenters. The normalized spacial score (nSPS) is 11.4. The van der Waals surface area contributed by atoms with Crippen LogP contribution in [0.2, 0.25) is 0 Å². The molecule has 4 nitrogen and oxygen atoms in total. The zero-order valence-electron chi connectivity index (χ0n) is 11.5. The second-order valence-corrected chi connectivity index (χ2v) is 6.62. The van der Waals surface area contributed by atoms with Crippen molar-refractivity contribution in [1.82, 2.24) is 0 Å². The number of ether oxygens (including phenoxy) is 1. The van der Waals surface area contributed by atoms with E-state index in [2.05, 4.69) is 0 Å². The summed E-state index contributed by atoms with van der Waals surface area (Å²) in [5.41, 5.74) is 5.88. The van der Waals surface area contributed by atoms with Crippen LogP contribution in [-0.2, 0) is 16.3 Å². The maximum absolute atomic E-state index is 13.7. The van der Waals surface area contributed by atoms with Crippen LogP contribution in [0.4, 0.5) is 4.39 Å². The predicted octanol–water partition coefficient (Wildman–Crippen LogP) is 2.52. The highest BCUT2D eigenvalue weighted by Crippen LogP contribution is 2.28. The van der Waals surface area contributed by atoms with Crippen molar-refractivity contribution < 1.29 is 17.5 Å². The van der Waals surface area contributed by atoms with Gasteiger partial charge in [-0.2, -0.15) is 0 Å². The molecule has 0 heterocycles. The van der Waals surface area contributed by atoms with Gasteiger partial charge in [0.1, 0.15) is 17.3 Å². The second kappa shape index (κ2) is 6.24. The number of halogens is 1. The topological polar surface area (TPSA) is 69.4 Å². The number of hydrogen-bond donors (Lipinski definition) is 1. The van der Waals surface area contributed by atoms with Crippen molar-refractivity contribution in [2.24, 2.45) is 5.73 Å². The molecule has 0 aliphatic rings. The van der Waals surface area contributed by atoms with Gasteiger partial charge in [0.05, 0.1) is 4.90 Å². The molecule has 0 spiro atoms. The maximum Gasteiger partial charge on any atom is 0.175 e. The summed E-state index contributed by atoms with van der Waals surface area (Å²) in [6.07, 6.45) is 1.50. The molecule has 6 heteroatoms. The number of nitrogens with two attached hydrogens (primary N) is 1. The quantitative estimate of drug-likeness (QED) is 0.921. The molecule has 0 unspecified atom stereocenters. The van der Waals surface area contributed by atoms with Crippen LogP contribution in [0, 0.1) is 5.82 Å². The van der Waals surface area contributed by atoms with Gasteiger partial charge in [-0.3, -0.25) is 0 Å². The van der Waals surface area contributed by atoms with Gasteiger partial charge in [-0.15, -0.1) is 0 Å². The summed E-state index contributed by atoms with van der Waals surface area (Å²) in [6, 6.07) is 10.5. The van der Waals surface area contributed by atoms with Crippen molar-refractivity contribution in [2.75, 3.05) is 12.8 Å². The van der Waals surface area contributed by atoms with Crippen LogP contribution in [0.3, 0.4) is 0 Å². The van der Waals surface area contributed by atoms with E-state index in [1.54, 1.807) is 12.1 Å². The third-order valence-corrected chi connectivity index (χ3v) is 4.08. The van der Waals surface area contributed by atoms with Crippen molar-refractivity contribution in [2.45, 2.75) is 11.3 Å². The van der Waals surface area contributed by atoms with Gasteiger partial charge in [-0.05, 0) is 49.4 Å². The van der Waals surface area contributed by atoms with Crippen molar-refractivity contribution in [3.8, 4) is 11.5 Å². The smallest absolute Gasteiger partial charge is 0.175 e. The van der Waals surface area contributed by atoms with Crippen LogP contribution in [0.5, 0.6) is 11.5 Å². The fourth-order valence-electron chi connectivity index (χ4n) is 1.90. The Kier molecular flexibility index (Phi) is 4.59. The van der Waals surface area contributed by atoms with Crippen molar-refractivity contribution in [3.63, 3.8) is 0 Å². The van der Waals surface area contributed by atoms with E-state index in [1.165, 1.54) is 30.3 Å². The van der Waals surface area contributed by atoms with E-state index in [0.29, 0.717) is 30.0 Å². The van der Waals surface area contributed by atoms with Gasteiger partial charge < -0.3 is 10.5 Å². The van der Waals surface area contributed by atoms with Crippen molar-refractivity contribution in [1.29, 1.82) is 0 Å². The molecular formula is C15H16FNO3S. The average Bonchev–Trinajstić information content (AvgIpc) is 2.42. The number of benzene rings is 2.